The number of aromatic nitrogens is 1. The number of aldehydes is 1. The van der Waals surface area contributed by atoms with Crippen molar-refractivity contribution in [3.63, 3.8) is 0 Å². The van der Waals surface area contributed by atoms with Crippen LogP contribution in [-0.4, -0.2) is 43.6 Å². The summed E-state index contributed by atoms with van der Waals surface area (Å²) < 4.78 is 28.2. The second kappa shape index (κ2) is 11.2. The summed E-state index contributed by atoms with van der Waals surface area (Å²) in [6.07, 6.45) is 1.89. The Kier molecular flexibility index (Phi) is 8.67. The van der Waals surface area contributed by atoms with Gasteiger partial charge >= 0.3 is 0 Å². The molecular weight excluding hydrogens is 436 g/mol. The molecule has 2 rings (SSSR count). The molecule has 1 aromatic carbocycles. The molecule has 0 bridgehead atoms. The van der Waals surface area contributed by atoms with Crippen LogP contribution in [-0.2, 0) is 31.9 Å². The van der Waals surface area contributed by atoms with Crippen LogP contribution in [0.4, 0.5) is 5.69 Å². The maximum Gasteiger partial charge on any atom is 0.275 e. The molecule has 0 spiro atoms. The van der Waals surface area contributed by atoms with Gasteiger partial charge < -0.3 is 26.6 Å². The molecule has 0 saturated carbocycles. The van der Waals surface area contributed by atoms with E-state index in [4.69, 9.17) is 17.2 Å². The third-order valence-electron chi connectivity index (χ3n) is 4.58. The normalized spacial score (nSPS) is 13.0. The smallest absolute Gasteiger partial charge is 0.275 e. The molecule has 32 heavy (non-hydrogen) atoms. The largest absolute Gasteiger partial charge is 0.370 e. The lowest BCUT2D eigenvalue weighted by atomic mass is 9.92. The lowest BCUT2D eigenvalue weighted by Gasteiger charge is -2.18. The van der Waals surface area contributed by atoms with Crippen molar-refractivity contribution in [2.24, 2.45) is 28.1 Å². The zero-order valence-corrected chi connectivity index (χ0v) is 18.1. The number of carbonyl (C=O) groups is 2. The minimum atomic E-state index is -3.86. The second-order valence-corrected chi connectivity index (χ2v) is 8.81. The maximum atomic E-state index is 12.7. The lowest BCUT2D eigenvalue weighted by Crippen LogP contribution is -2.40. The highest BCUT2D eigenvalue weighted by Crippen LogP contribution is 2.12. The van der Waals surface area contributed by atoms with Crippen molar-refractivity contribution in [1.82, 2.24) is 4.57 Å². The summed E-state index contributed by atoms with van der Waals surface area (Å²) in [6.45, 7) is -0.324. The Labute approximate surface area is 185 Å². The number of pyridine rings is 1. The fourth-order valence-electron chi connectivity index (χ4n) is 3.02. The number of carbonyl (C=O) groups excluding carboxylic acids is 2. The van der Waals surface area contributed by atoms with Crippen molar-refractivity contribution in [3.8, 4) is 0 Å². The van der Waals surface area contributed by atoms with Gasteiger partial charge in [0.2, 0.25) is 10.0 Å². The Morgan fingerprint density at radius 2 is 1.84 bits per heavy atom. The summed E-state index contributed by atoms with van der Waals surface area (Å²) in [6, 6.07) is 10.1. The molecule has 12 heteroatoms. The molecule has 0 fully saturated rings. The van der Waals surface area contributed by atoms with Gasteiger partial charge in [-0.2, -0.15) is 0 Å². The number of ketones is 1. The number of nitrogens with zero attached hydrogens (tertiary/aromatic N) is 2. The van der Waals surface area contributed by atoms with Crippen LogP contribution in [0.25, 0.3) is 0 Å². The Morgan fingerprint density at radius 3 is 2.47 bits per heavy atom. The fourth-order valence-corrected chi connectivity index (χ4v) is 4.21. The average Bonchev–Trinajstić information content (AvgIpc) is 2.73. The molecule has 172 valence electrons. The number of anilines is 1. The summed E-state index contributed by atoms with van der Waals surface area (Å²) in [5.74, 6) is -1.88. The number of nitrogens with two attached hydrogens (primary N) is 3. The van der Waals surface area contributed by atoms with Crippen LogP contribution in [0.1, 0.15) is 12.0 Å². The van der Waals surface area contributed by atoms with Crippen LogP contribution in [0, 0.1) is 5.92 Å². The van der Waals surface area contributed by atoms with Gasteiger partial charge in [0, 0.05) is 18.7 Å². The van der Waals surface area contributed by atoms with Gasteiger partial charge in [-0.25, -0.2) is 8.42 Å². The van der Waals surface area contributed by atoms with E-state index in [2.05, 4.69) is 9.71 Å². The van der Waals surface area contributed by atoms with E-state index in [1.807, 2.05) is 0 Å². The van der Waals surface area contributed by atoms with E-state index in [1.165, 1.54) is 18.3 Å². The van der Waals surface area contributed by atoms with Gasteiger partial charge in [-0.3, -0.25) is 19.3 Å². The van der Waals surface area contributed by atoms with Crippen molar-refractivity contribution >= 4 is 33.7 Å². The summed E-state index contributed by atoms with van der Waals surface area (Å²) in [4.78, 5) is 40.4. The predicted octanol–water partition coefficient (Wildman–Crippen LogP) is -0.835. The van der Waals surface area contributed by atoms with Crippen LogP contribution in [0.2, 0.25) is 0 Å². The number of aliphatic imine (C=N–C) groups is 1. The summed E-state index contributed by atoms with van der Waals surface area (Å²) in [5, 5.41) is 0. The molecule has 0 amide bonds. The summed E-state index contributed by atoms with van der Waals surface area (Å²) in [5.41, 5.74) is 15.9. The lowest BCUT2D eigenvalue weighted by molar-refractivity contribution is -0.126. The molecule has 7 N–H and O–H groups in total. The molecule has 0 aliphatic carbocycles. The number of hydrogen-bond acceptors (Lipinski definition) is 7. The van der Waals surface area contributed by atoms with Crippen molar-refractivity contribution < 1.29 is 18.0 Å². The average molecular weight is 463 g/mol. The molecular formula is C20H26N6O5S. The van der Waals surface area contributed by atoms with E-state index in [0.29, 0.717) is 11.8 Å². The maximum absolute atomic E-state index is 12.7. The fraction of sp³-hybridized carbons (Fsp3) is 0.300. The van der Waals surface area contributed by atoms with Gasteiger partial charge in [-0.1, -0.05) is 30.3 Å². The van der Waals surface area contributed by atoms with Gasteiger partial charge in [0.1, 0.15) is 12.0 Å². The summed E-state index contributed by atoms with van der Waals surface area (Å²) in [7, 11) is -3.86. The van der Waals surface area contributed by atoms with E-state index in [-0.39, 0.29) is 30.4 Å². The SMILES string of the molecule is NC(N)=NCCC(C(=O)Cn1cccc(NS(=O)(=O)Cc2ccccc2)c1=O)[C@H](N)C=O. The molecule has 0 aliphatic rings. The Bertz CT molecular complexity index is 1130. The molecule has 2 aromatic rings. The third-order valence-corrected chi connectivity index (χ3v) is 5.83. The van der Waals surface area contributed by atoms with Gasteiger partial charge in [0.15, 0.2) is 11.7 Å². The Hall–Kier alpha value is -3.51. The Morgan fingerprint density at radius 1 is 1.16 bits per heavy atom. The number of sulfonamides is 1. The van der Waals surface area contributed by atoms with E-state index in [1.54, 1.807) is 30.3 Å². The van der Waals surface area contributed by atoms with Gasteiger partial charge in [-0.05, 0) is 24.1 Å². The van der Waals surface area contributed by atoms with Crippen molar-refractivity contribution in [1.29, 1.82) is 0 Å². The quantitative estimate of drug-likeness (QED) is 0.178. The molecule has 1 unspecified atom stereocenters. The van der Waals surface area contributed by atoms with E-state index < -0.39 is 39.9 Å². The highest BCUT2D eigenvalue weighted by molar-refractivity contribution is 7.91. The van der Waals surface area contributed by atoms with E-state index in [9.17, 15) is 22.8 Å². The molecule has 1 heterocycles. The van der Waals surface area contributed by atoms with E-state index in [0.717, 1.165) is 4.57 Å². The van der Waals surface area contributed by atoms with Crippen LogP contribution in [0.5, 0.6) is 0 Å². The van der Waals surface area contributed by atoms with Gasteiger partial charge in [0.25, 0.3) is 5.56 Å². The van der Waals surface area contributed by atoms with E-state index >= 15 is 0 Å². The van der Waals surface area contributed by atoms with Crippen LogP contribution < -0.4 is 27.5 Å². The zero-order chi connectivity index (χ0) is 23.7. The third kappa shape index (κ3) is 7.32. The predicted molar refractivity (Wildman–Crippen MR) is 121 cm³/mol. The minimum absolute atomic E-state index is 0.0779. The number of Topliss-reactive ketones (excluding diaryl/α,β-unsaturated/α-hetero) is 1. The van der Waals surface area contributed by atoms with Crippen molar-refractivity contribution in [2.45, 2.75) is 24.8 Å². The molecule has 0 radical (unpaired) electrons. The topological polar surface area (TPSA) is 193 Å². The molecule has 11 nitrogen and oxygen atoms in total. The molecule has 2 atom stereocenters. The standard InChI is InChI=1S/C20H26N6O5S/c21-16(12-27)15(8-9-24-20(22)23)18(28)11-26-10-4-7-17(19(26)29)25-32(30,31)13-14-5-2-1-3-6-14/h1-7,10,12,15-16,25H,8-9,11,13,21H2,(H4,22,23,24)/t15?,16-/m1/s1. The monoisotopic (exact) mass is 462 g/mol. The summed E-state index contributed by atoms with van der Waals surface area (Å²) >= 11 is 0. The second-order valence-electron chi connectivity index (χ2n) is 7.08. The first-order valence-electron chi connectivity index (χ1n) is 9.66. The number of guanidine groups is 1. The van der Waals surface area contributed by atoms with Crippen LogP contribution in [0.3, 0.4) is 0 Å². The van der Waals surface area contributed by atoms with Gasteiger partial charge in [0.05, 0.1) is 18.3 Å². The molecule has 0 saturated heterocycles. The van der Waals surface area contributed by atoms with Crippen molar-refractivity contribution in [2.75, 3.05) is 11.3 Å². The first kappa shape index (κ1) is 24.8. The minimum Gasteiger partial charge on any atom is -0.370 e. The first-order valence-corrected chi connectivity index (χ1v) is 11.3. The highest BCUT2D eigenvalue weighted by Gasteiger charge is 2.26. The van der Waals surface area contributed by atoms with Crippen LogP contribution in [0.15, 0.2) is 58.4 Å². The number of nitrogens with one attached hydrogen (secondary N) is 1. The van der Waals surface area contributed by atoms with Crippen LogP contribution >= 0.6 is 0 Å². The van der Waals surface area contributed by atoms with Crippen molar-refractivity contribution in [3.05, 3.63) is 64.6 Å². The number of benzene rings is 1. The molecule has 1 aromatic heterocycles. The Balaban J connectivity index is 2.18. The molecule has 0 aliphatic heterocycles. The first-order chi connectivity index (χ1) is 15.1. The number of hydrogen-bond donors (Lipinski definition) is 4. The zero-order valence-electron chi connectivity index (χ0n) is 17.3. The van der Waals surface area contributed by atoms with Gasteiger partial charge in [-0.15, -0.1) is 0 Å². The number of rotatable bonds is 12. The highest BCUT2D eigenvalue weighted by atomic mass is 32.2.